The van der Waals surface area contributed by atoms with Crippen molar-refractivity contribution in [1.82, 2.24) is 0 Å². The van der Waals surface area contributed by atoms with E-state index >= 15 is 0 Å². The van der Waals surface area contributed by atoms with Crippen molar-refractivity contribution < 1.29 is 9.53 Å². The van der Waals surface area contributed by atoms with Gasteiger partial charge >= 0.3 is 5.97 Å². The average molecular weight is 184 g/mol. The molecule has 76 valence electrons. The van der Waals surface area contributed by atoms with Crippen LogP contribution in [0, 0.1) is 11.8 Å². The van der Waals surface area contributed by atoms with Crippen LogP contribution < -0.4 is 0 Å². The Morgan fingerprint density at radius 3 is 2.77 bits per heavy atom. The fraction of sp³-hybridized carbons (Fsp3) is 0.909. The standard InChI is InChI=1S/C11H20O2/c1-3-5-6-7-9-8-10(9)11(12)13-4-2/h9-10H,3-8H2,1-2H3. The number of carbonyl (C=O) groups excluding carboxylic acids is 1. The lowest BCUT2D eigenvalue weighted by atomic mass is 10.1. The maximum Gasteiger partial charge on any atom is 0.309 e. The summed E-state index contributed by atoms with van der Waals surface area (Å²) >= 11 is 0. The maximum absolute atomic E-state index is 11.2. The molecule has 0 aromatic carbocycles. The number of esters is 1. The number of hydrogen-bond acceptors (Lipinski definition) is 2. The van der Waals surface area contributed by atoms with Gasteiger partial charge < -0.3 is 4.74 Å². The van der Waals surface area contributed by atoms with Crippen molar-refractivity contribution in [3.8, 4) is 0 Å². The lowest BCUT2D eigenvalue weighted by Crippen LogP contribution is -2.07. The first-order valence-corrected chi connectivity index (χ1v) is 5.46. The summed E-state index contributed by atoms with van der Waals surface area (Å²) in [7, 11) is 0. The predicted octanol–water partition coefficient (Wildman–Crippen LogP) is 2.77. The molecule has 1 saturated carbocycles. The van der Waals surface area contributed by atoms with Crippen LogP contribution >= 0.6 is 0 Å². The van der Waals surface area contributed by atoms with E-state index in [1.165, 1.54) is 25.7 Å². The maximum atomic E-state index is 11.2. The minimum absolute atomic E-state index is 0.0315. The van der Waals surface area contributed by atoms with Crippen LogP contribution in [0.4, 0.5) is 0 Å². The molecule has 0 spiro atoms. The normalized spacial score (nSPS) is 25.7. The van der Waals surface area contributed by atoms with E-state index in [4.69, 9.17) is 4.74 Å². The molecule has 1 aliphatic carbocycles. The molecule has 0 amide bonds. The van der Waals surface area contributed by atoms with Crippen LogP contribution in [-0.2, 0) is 9.53 Å². The van der Waals surface area contributed by atoms with Gasteiger partial charge in [0.05, 0.1) is 12.5 Å². The summed E-state index contributed by atoms with van der Waals surface area (Å²) in [4.78, 5) is 11.2. The lowest BCUT2D eigenvalue weighted by Gasteiger charge is -2.00. The second-order valence-corrected chi connectivity index (χ2v) is 3.85. The predicted molar refractivity (Wildman–Crippen MR) is 52.4 cm³/mol. The Labute approximate surface area is 80.7 Å². The topological polar surface area (TPSA) is 26.3 Å². The van der Waals surface area contributed by atoms with E-state index in [-0.39, 0.29) is 11.9 Å². The highest BCUT2D eigenvalue weighted by atomic mass is 16.5. The summed E-state index contributed by atoms with van der Waals surface area (Å²) in [6.45, 7) is 4.60. The van der Waals surface area contributed by atoms with Gasteiger partial charge in [0, 0.05) is 0 Å². The Kier molecular flexibility index (Phi) is 4.26. The molecule has 0 radical (unpaired) electrons. The third kappa shape index (κ3) is 3.37. The molecule has 0 heterocycles. The van der Waals surface area contributed by atoms with Gasteiger partial charge in [0.15, 0.2) is 0 Å². The van der Waals surface area contributed by atoms with Gasteiger partial charge in [-0.05, 0) is 25.7 Å². The van der Waals surface area contributed by atoms with Crippen molar-refractivity contribution in [1.29, 1.82) is 0 Å². The first kappa shape index (κ1) is 10.6. The summed E-state index contributed by atoms with van der Waals surface area (Å²) < 4.78 is 4.96. The number of ether oxygens (including phenoxy) is 1. The van der Waals surface area contributed by atoms with Crippen molar-refractivity contribution >= 4 is 5.97 Å². The second kappa shape index (κ2) is 5.25. The number of hydrogen-bond donors (Lipinski definition) is 0. The van der Waals surface area contributed by atoms with Gasteiger partial charge in [0.1, 0.15) is 0 Å². The minimum atomic E-state index is 0.0315. The van der Waals surface area contributed by atoms with E-state index in [9.17, 15) is 4.79 Å². The molecule has 13 heavy (non-hydrogen) atoms. The Balaban J connectivity index is 2.04. The number of carbonyl (C=O) groups is 1. The van der Waals surface area contributed by atoms with Gasteiger partial charge in [0.25, 0.3) is 0 Å². The number of unbranched alkanes of at least 4 members (excludes halogenated alkanes) is 2. The lowest BCUT2D eigenvalue weighted by molar-refractivity contribution is -0.145. The largest absolute Gasteiger partial charge is 0.466 e. The van der Waals surface area contributed by atoms with E-state index in [1.807, 2.05) is 6.92 Å². The molecule has 1 fully saturated rings. The van der Waals surface area contributed by atoms with E-state index in [1.54, 1.807) is 0 Å². The van der Waals surface area contributed by atoms with Crippen LogP contribution in [0.5, 0.6) is 0 Å². The van der Waals surface area contributed by atoms with Gasteiger partial charge in [-0.2, -0.15) is 0 Å². The highest BCUT2D eigenvalue weighted by molar-refractivity contribution is 5.75. The monoisotopic (exact) mass is 184 g/mol. The molecule has 0 bridgehead atoms. The van der Waals surface area contributed by atoms with Crippen LogP contribution in [0.2, 0.25) is 0 Å². The minimum Gasteiger partial charge on any atom is -0.466 e. The molecular weight excluding hydrogens is 164 g/mol. The Bertz CT molecular complexity index is 165. The molecule has 2 heteroatoms. The highest BCUT2D eigenvalue weighted by Crippen LogP contribution is 2.43. The van der Waals surface area contributed by atoms with Crippen molar-refractivity contribution in [2.75, 3.05) is 6.61 Å². The van der Waals surface area contributed by atoms with Crippen LogP contribution in [0.25, 0.3) is 0 Å². The van der Waals surface area contributed by atoms with Crippen molar-refractivity contribution in [3.05, 3.63) is 0 Å². The summed E-state index contributed by atoms with van der Waals surface area (Å²) in [5, 5.41) is 0. The number of rotatable bonds is 6. The van der Waals surface area contributed by atoms with Crippen LogP contribution in [0.3, 0.4) is 0 Å². The van der Waals surface area contributed by atoms with E-state index in [0.717, 1.165) is 6.42 Å². The summed E-state index contributed by atoms with van der Waals surface area (Å²) in [6, 6.07) is 0. The van der Waals surface area contributed by atoms with Gasteiger partial charge in [0.2, 0.25) is 0 Å². The van der Waals surface area contributed by atoms with Crippen LogP contribution in [-0.4, -0.2) is 12.6 Å². The quantitative estimate of drug-likeness (QED) is 0.468. The molecule has 0 N–H and O–H groups in total. The molecular formula is C11H20O2. The van der Waals surface area contributed by atoms with E-state index in [2.05, 4.69) is 6.92 Å². The molecule has 0 saturated heterocycles. The Morgan fingerprint density at radius 2 is 2.15 bits per heavy atom. The molecule has 2 unspecified atom stereocenters. The van der Waals surface area contributed by atoms with Gasteiger partial charge in [-0.3, -0.25) is 4.79 Å². The summed E-state index contributed by atoms with van der Waals surface area (Å²) in [5.74, 6) is 0.923. The first-order chi connectivity index (χ1) is 6.29. The zero-order valence-electron chi connectivity index (χ0n) is 8.71. The SMILES string of the molecule is CCCCCC1CC1C(=O)OCC. The molecule has 2 nitrogen and oxygen atoms in total. The van der Waals surface area contributed by atoms with Gasteiger partial charge in [-0.15, -0.1) is 0 Å². The summed E-state index contributed by atoms with van der Waals surface area (Å²) in [6.07, 6.45) is 6.12. The molecule has 0 aliphatic heterocycles. The van der Waals surface area contributed by atoms with Gasteiger partial charge in [-0.1, -0.05) is 26.2 Å². The van der Waals surface area contributed by atoms with Crippen LogP contribution in [0.15, 0.2) is 0 Å². The third-order valence-electron chi connectivity index (χ3n) is 2.69. The molecule has 0 aromatic rings. The zero-order valence-corrected chi connectivity index (χ0v) is 8.71. The Hall–Kier alpha value is -0.530. The highest BCUT2D eigenvalue weighted by Gasteiger charge is 2.43. The summed E-state index contributed by atoms with van der Waals surface area (Å²) in [5.41, 5.74) is 0. The molecule has 1 aliphatic rings. The van der Waals surface area contributed by atoms with E-state index < -0.39 is 0 Å². The molecule has 2 atom stereocenters. The third-order valence-corrected chi connectivity index (χ3v) is 2.69. The van der Waals surface area contributed by atoms with Gasteiger partial charge in [-0.25, -0.2) is 0 Å². The van der Waals surface area contributed by atoms with Crippen molar-refractivity contribution in [2.24, 2.45) is 11.8 Å². The van der Waals surface area contributed by atoms with E-state index in [0.29, 0.717) is 12.5 Å². The molecule has 0 aromatic heterocycles. The van der Waals surface area contributed by atoms with Crippen molar-refractivity contribution in [3.63, 3.8) is 0 Å². The zero-order chi connectivity index (χ0) is 9.68. The smallest absolute Gasteiger partial charge is 0.309 e. The molecule has 1 rings (SSSR count). The Morgan fingerprint density at radius 1 is 1.38 bits per heavy atom. The fourth-order valence-electron chi connectivity index (χ4n) is 1.76. The second-order valence-electron chi connectivity index (χ2n) is 3.85. The average Bonchev–Trinajstić information content (AvgIpc) is 2.85. The first-order valence-electron chi connectivity index (χ1n) is 5.46. The van der Waals surface area contributed by atoms with Crippen LogP contribution in [0.1, 0.15) is 46.0 Å². The van der Waals surface area contributed by atoms with Crippen molar-refractivity contribution in [2.45, 2.75) is 46.0 Å². The fourth-order valence-corrected chi connectivity index (χ4v) is 1.76.